The number of unbranched alkanes of at least 4 members (excludes halogenated alkanes) is 17. The van der Waals surface area contributed by atoms with E-state index in [1.165, 1.54) is 83.5 Å². The molecule has 53 heavy (non-hydrogen) atoms. The predicted octanol–water partition coefficient (Wildman–Crippen LogP) is 12.4. The van der Waals surface area contributed by atoms with Crippen molar-refractivity contribution in [3.63, 3.8) is 0 Å². The Bertz CT molecular complexity index is 973. The van der Waals surface area contributed by atoms with Gasteiger partial charge in [-0.25, -0.2) is 4.79 Å². The highest BCUT2D eigenvalue weighted by Crippen LogP contribution is 2.18. The summed E-state index contributed by atoms with van der Waals surface area (Å²) in [6.45, 7) is 4.79. The third-order valence-electron chi connectivity index (χ3n) is 9.66. The number of nitrogens with two attached hydrogens (primary N) is 1. The van der Waals surface area contributed by atoms with Gasteiger partial charge >= 0.3 is 11.9 Å². The van der Waals surface area contributed by atoms with Crippen LogP contribution in [0.5, 0.6) is 0 Å². The summed E-state index contributed by atoms with van der Waals surface area (Å²) < 4.78 is 5.97. The van der Waals surface area contributed by atoms with Crippen molar-refractivity contribution in [2.75, 3.05) is 6.54 Å². The maximum absolute atomic E-state index is 12.7. The van der Waals surface area contributed by atoms with Crippen molar-refractivity contribution in [1.29, 1.82) is 0 Å². The van der Waals surface area contributed by atoms with Gasteiger partial charge in [-0.05, 0) is 96.4 Å². The Morgan fingerprint density at radius 3 is 1.57 bits per heavy atom. The smallest absolute Gasteiger partial charge is 0.326 e. The maximum atomic E-state index is 12.7. The molecule has 0 aliphatic heterocycles. The molecular weight excluding hydrogens is 661 g/mol. The first-order valence-electron chi connectivity index (χ1n) is 22.0. The summed E-state index contributed by atoms with van der Waals surface area (Å²) in [6.07, 6.45) is 48.9. The summed E-state index contributed by atoms with van der Waals surface area (Å²) in [5.41, 5.74) is 5.48. The van der Waals surface area contributed by atoms with Crippen molar-refractivity contribution in [1.82, 2.24) is 5.32 Å². The minimum atomic E-state index is -1.01. The van der Waals surface area contributed by atoms with E-state index in [1.54, 1.807) is 0 Å². The van der Waals surface area contributed by atoms with E-state index in [0.29, 0.717) is 32.2 Å². The van der Waals surface area contributed by atoms with E-state index < -0.39 is 12.0 Å². The Balaban J connectivity index is 3.97. The molecule has 0 aromatic rings. The standard InChI is InChI=1S/C46H82N2O5/c1-3-5-7-9-10-11-12-13-14-15-16-17-18-19-20-21-22-23-24-25-26-28-34-40-45(50)53-42(36-31-27-8-6-4-2)37-32-29-30-33-39-44(49)48-43(46(51)52)38-35-41-47/h5,7,10-11,13-14,16-17,42-43H,3-4,6,8-9,12,15,18-41,47H2,1-2H3,(H,48,49)(H,51,52)/b7-5-,11-10-,14-13-,17-16-. The molecule has 0 radical (unpaired) electrons. The van der Waals surface area contributed by atoms with Crippen LogP contribution in [0.1, 0.15) is 206 Å². The highest BCUT2D eigenvalue weighted by atomic mass is 16.5. The fraction of sp³-hybridized carbons (Fsp3) is 0.761. The zero-order chi connectivity index (χ0) is 38.9. The zero-order valence-corrected chi connectivity index (χ0v) is 34.4. The number of hydrogen-bond acceptors (Lipinski definition) is 5. The van der Waals surface area contributed by atoms with Crippen LogP contribution in [0.2, 0.25) is 0 Å². The van der Waals surface area contributed by atoms with Crippen LogP contribution in [0.15, 0.2) is 48.6 Å². The van der Waals surface area contributed by atoms with Crippen LogP contribution in [0.4, 0.5) is 0 Å². The number of aliphatic carboxylic acids is 1. The molecule has 0 aromatic heterocycles. The molecular formula is C46H82N2O5. The Labute approximate surface area is 326 Å². The molecule has 1 amide bonds. The Morgan fingerprint density at radius 1 is 0.566 bits per heavy atom. The molecule has 0 bridgehead atoms. The number of nitrogens with one attached hydrogen (secondary N) is 1. The lowest BCUT2D eigenvalue weighted by molar-refractivity contribution is -0.150. The van der Waals surface area contributed by atoms with Gasteiger partial charge in [0.05, 0.1) is 0 Å². The number of carboxylic acids is 1. The van der Waals surface area contributed by atoms with Crippen molar-refractivity contribution in [2.45, 2.75) is 219 Å². The molecule has 0 saturated heterocycles. The molecule has 0 aliphatic carbocycles. The molecule has 0 fully saturated rings. The fourth-order valence-electron chi connectivity index (χ4n) is 6.38. The first-order chi connectivity index (χ1) is 25.9. The van der Waals surface area contributed by atoms with E-state index in [9.17, 15) is 19.5 Å². The highest BCUT2D eigenvalue weighted by molar-refractivity contribution is 5.83. The largest absolute Gasteiger partial charge is 0.480 e. The lowest BCUT2D eigenvalue weighted by atomic mass is 10.0. The van der Waals surface area contributed by atoms with Crippen LogP contribution in [0.3, 0.4) is 0 Å². The summed E-state index contributed by atoms with van der Waals surface area (Å²) in [4.78, 5) is 36.2. The zero-order valence-electron chi connectivity index (χ0n) is 34.4. The molecule has 2 atom stereocenters. The number of ether oxygens (including phenoxy) is 1. The van der Waals surface area contributed by atoms with E-state index in [4.69, 9.17) is 10.5 Å². The molecule has 0 saturated carbocycles. The lowest BCUT2D eigenvalue weighted by Crippen LogP contribution is -2.40. The molecule has 0 aliphatic rings. The van der Waals surface area contributed by atoms with Gasteiger partial charge in [0, 0.05) is 12.8 Å². The minimum absolute atomic E-state index is 0.0137. The van der Waals surface area contributed by atoms with E-state index >= 15 is 0 Å². The number of allylic oxidation sites excluding steroid dienone is 8. The summed E-state index contributed by atoms with van der Waals surface area (Å²) >= 11 is 0. The Hall–Kier alpha value is -2.67. The minimum Gasteiger partial charge on any atom is -0.480 e. The van der Waals surface area contributed by atoms with E-state index in [1.807, 2.05) is 0 Å². The molecule has 7 heteroatoms. The summed E-state index contributed by atoms with van der Waals surface area (Å²) in [5.74, 6) is -1.27. The number of amides is 1. The Morgan fingerprint density at radius 2 is 1.04 bits per heavy atom. The second kappa shape index (κ2) is 40.5. The van der Waals surface area contributed by atoms with E-state index in [2.05, 4.69) is 67.8 Å². The molecule has 7 nitrogen and oxygen atoms in total. The number of carbonyl (C=O) groups excluding carboxylic acids is 2. The quantitative estimate of drug-likeness (QED) is 0.0328. The van der Waals surface area contributed by atoms with Gasteiger partial charge in [0.1, 0.15) is 12.1 Å². The average molecular weight is 743 g/mol. The molecule has 0 aromatic carbocycles. The molecule has 2 unspecified atom stereocenters. The van der Waals surface area contributed by atoms with Crippen molar-refractivity contribution < 1.29 is 24.2 Å². The van der Waals surface area contributed by atoms with Gasteiger partial charge in [-0.2, -0.15) is 0 Å². The molecule has 0 rings (SSSR count). The monoisotopic (exact) mass is 743 g/mol. The van der Waals surface area contributed by atoms with Crippen LogP contribution < -0.4 is 11.1 Å². The van der Waals surface area contributed by atoms with Crippen molar-refractivity contribution >= 4 is 17.8 Å². The van der Waals surface area contributed by atoms with Gasteiger partial charge in [-0.15, -0.1) is 0 Å². The third-order valence-corrected chi connectivity index (χ3v) is 9.66. The topological polar surface area (TPSA) is 119 Å². The third kappa shape index (κ3) is 37.4. The van der Waals surface area contributed by atoms with Gasteiger partial charge in [-0.1, -0.05) is 152 Å². The summed E-state index contributed by atoms with van der Waals surface area (Å²) in [5, 5.41) is 11.9. The van der Waals surface area contributed by atoms with E-state index in [0.717, 1.165) is 83.5 Å². The fourth-order valence-corrected chi connectivity index (χ4v) is 6.38. The first kappa shape index (κ1) is 50.3. The Kier molecular flexibility index (Phi) is 38.5. The van der Waals surface area contributed by atoms with Gasteiger partial charge < -0.3 is 20.9 Å². The molecule has 0 heterocycles. The number of carbonyl (C=O) groups is 3. The second-order valence-electron chi connectivity index (χ2n) is 14.7. The molecule has 306 valence electrons. The normalized spacial score (nSPS) is 13.1. The SMILES string of the molecule is CC/C=C\C/C=C\C/C=C\C/C=C\CCCCCCCCCCCCC(=O)OC(CCCCCCC)CCCCCCC(=O)NC(CCCN)C(=O)O. The summed E-state index contributed by atoms with van der Waals surface area (Å²) in [7, 11) is 0. The summed E-state index contributed by atoms with van der Waals surface area (Å²) in [6, 6.07) is -0.864. The number of hydrogen-bond donors (Lipinski definition) is 3. The molecule has 0 spiro atoms. The van der Waals surface area contributed by atoms with Crippen molar-refractivity contribution in [3.05, 3.63) is 48.6 Å². The van der Waals surface area contributed by atoms with Crippen molar-refractivity contribution in [3.8, 4) is 0 Å². The number of esters is 1. The maximum Gasteiger partial charge on any atom is 0.326 e. The highest BCUT2D eigenvalue weighted by Gasteiger charge is 2.19. The van der Waals surface area contributed by atoms with Crippen LogP contribution in [-0.4, -0.2) is 41.6 Å². The van der Waals surface area contributed by atoms with Crippen LogP contribution in [0, 0.1) is 0 Å². The van der Waals surface area contributed by atoms with Gasteiger partial charge in [0.2, 0.25) is 5.91 Å². The van der Waals surface area contributed by atoms with Gasteiger partial charge in [-0.3, -0.25) is 9.59 Å². The predicted molar refractivity (Wildman–Crippen MR) is 225 cm³/mol. The molecule has 4 N–H and O–H groups in total. The van der Waals surface area contributed by atoms with Crippen molar-refractivity contribution in [2.24, 2.45) is 5.73 Å². The van der Waals surface area contributed by atoms with Crippen LogP contribution >= 0.6 is 0 Å². The van der Waals surface area contributed by atoms with Crippen LogP contribution in [0.25, 0.3) is 0 Å². The average Bonchev–Trinajstić information content (AvgIpc) is 3.14. The number of rotatable bonds is 39. The van der Waals surface area contributed by atoms with Crippen LogP contribution in [-0.2, 0) is 19.1 Å². The first-order valence-corrected chi connectivity index (χ1v) is 22.0. The van der Waals surface area contributed by atoms with Gasteiger partial charge in [0.25, 0.3) is 0 Å². The van der Waals surface area contributed by atoms with Gasteiger partial charge in [0.15, 0.2) is 0 Å². The lowest BCUT2D eigenvalue weighted by Gasteiger charge is -2.18. The van der Waals surface area contributed by atoms with E-state index in [-0.39, 0.29) is 18.0 Å². The second-order valence-corrected chi connectivity index (χ2v) is 14.7. The number of carboxylic acid groups (broad SMARTS) is 1.